The fourth-order valence-corrected chi connectivity index (χ4v) is 6.47. The number of hydrogen-bond acceptors (Lipinski definition) is 10. The van der Waals surface area contributed by atoms with Gasteiger partial charge in [0.2, 0.25) is 0 Å². The molecule has 0 saturated carbocycles. The second-order valence-corrected chi connectivity index (χ2v) is 12.7. The number of anilines is 3. The van der Waals surface area contributed by atoms with Crippen molar-refractivity contribution >= 4 is 55.7 Å². The zero-order valence-corrected chi connectivity index (χ0v) is 24.7. The van der Waals surface area contributed by atoms with E-state index in [1.165, 1.54) is 10.4 Å². The van der Waals surface area contributed by atoms with Crippen LogP contribution >= 0.6 is 11.3 Å². The number of aliphatic hydroxyl groups is 1. The van der Waals surface area contributed by atoms with Gasteiger partial charge in [-0.25, -0.2) is 14.8 Å². The molecule has 1 amide bonds. The molecule has 40 heavy (non-hydrogen) atoms. The van der Waals surface area contributed by atoms with Gasteiger partial charge in [0.25, 0.3) is 0 Å². The van der Waals surface area contributed by atoms with Gasteiger partial charge in [-0.1, -0.05) is 0 Å². The third-order valence-electron chi connectivity index (χ3n) is 7.17. The van der Waals surface area contributed by atoms with Gasteiger partial charge in [-0.2, -0.15) is 5.10 Å². The Morgan fingerprint density at radius 2 is 2.08 bits per heavy atom. The van der Waals surface area contributed by atoms with Crippen molar-refractivity contribution in [3.63, 3.8) is 0 Å². The van der Waals surface area contributed by atoms with Gasteiger partial charge < -0.3 is 25.4 Å². The van der Waals surface area contributed by atoms with Gasteiger partial charge in [-0.3, -0.25) is 10.00 Å². The summed E-state index contributed by atoms with van der Waals surface area (Å²) >= 11 is 1.69. The third kappa shape index (κ3) is 5.98. The van der Waals surface area contributed by atoms with E-state index in [1.807, 2.05) is 52.9 Å². The Morgan fingerprint density at radius 1 is 1.27 bits per heavy atom. The lowest BCUT2D eigenvalue weighted by atomic mass is 9.86. The zero-order valence-electron chi connectivity index (χ0n) is 23.9. The summed E-state index contributed by atoms with van der Waals surface area (Å²) in [5.74, 6) is 0.955. The molecule has 2 atom stereocenters. The van der Waals surface area contributed by atoms with E-state index in [9.17, 15) is 9.90 Å². The van der Waals surface area contributed by atoms with Gasteiger partial charge >= 0.3 is 6.09 Å². The fourth-order valence-electron chi connectivity index (χ4n) is 5.19. The molecule has 5 rings (SSSR count). The van der Waals surface area contributed by atoms with Crippen LogP contribution in [-0.4, -0.2) is 82.3 Å². The molecule has 4 N–H and O–H groups in total. The van der Waals surface area contributed by atoms with Crippen molar-refractivity contribution in [2.45, 2.75) is 51.9 Å². The average molecular weight is 567 g/mol. The lowest BCUT2D eigenvalue weighted by Gasteiger charge is -2.30. The zero-order chi connectivity index (χ0) is 28.6. The molecule has 1 aromatic carbocycles. The Hall–Kier alpha value is -3.48. The normalized spacial score (nSPS) is 16.2. The molecule has 4 aromatic rings. The van der Waals surface area contributed by atoms with Crippen molar-refractivity contribution in [3.8, 4) is 0 Å². The number of alkyl carbamates (subject to hydrolysis) is 1. The van der Waals surface area contributed by atoms with Crippen LogP contribution in [0.2, 0.25) is 0 Å². The highest BCUT2D eigenvalue weighted by molar-refractivity contribution is 7.19. The Labute approximate surface area is 237 Å². The quantitative estimate of drug-likeness (QED) is 0.231. The van der Waals surface area contributed by atoms with Crippen molar-refractivity contribution in [2.24, 2.45) is 5.92 Å². The number of carbonyl (C=O) groups excluding carboxylic acids is 1. The molecule has 1 aliphatic rings. The number of amides is 1. The van der Waals surface area contributed by atoms with E-state index in [-0.39, 0.29) is 5.92 Å². The predicted molar refractivity (Wildman–Crippen MR) is 160 cm³/mol. The molecule has 0 radical (unpaired) electrons. The molecular formula is C28H38N8O3S. The van der Waals surface area contributed by atoms with E-state index in [0.717, 1.165) is 57.6 Å². The smallest absolute Gasteiger partial charge is 0.407 e. The Bertz CT molecular complexity index is 1510. The van der Waals surface area contributed by atoms with Crippen LogP contribution in [0.5, 0.6) is 0 Å². The molecule has 0 saturated heterocycles. The van der Waals surface area contributed by atoms with Gasteiger partial charge in [0.15, 0.2) is 0 Å². The van der Waals surface area contributed by atoms with E-state index >= 15 is 0 Å². The molecule has 0 bridgehead atoms. The number of benzene rings is 1. The maximum atomic E-state index is 12.1. The summed E-state index contributed by atoms with van der Waals surface area (Å²) in [4.78, 5) is 27.6. The Morgan fingerprint density at radius 3 is 2.83 bits per heavy atom. The number of nitrogens with zero attached hydrogens (tertiary/aromatic N) is 5. The minimum absolute atomic E-state index is 0.193. The number of likely N-dealkylation sites (N-methyl/N-ethyl adjacent to an activating group) is 1. The lowest BCUT2D eigenvalue weighted by molar-refractivity contribution is -0.0142. The monoisotopic (exact) mass is 566 g/mol. The Kier molecular flexibility index (Phi) is 7.85. The van der Waals surface area contributed by atoms with Crippen LogP contribution in [-0.2, 0) is 17.6 Å². The van der Waals surface area contributed by atoms with E-state index in [4.69, 9.17) is 4.74 Å². The van der Waals surface area contributed by atoms with Gasteiger partial charge in [-0.05, 0) is 71.8 Å². The highest BCUT2D eigenvalue weighted by Gasteiger charge is 2.30. The highest BCUT2D eigenvalue weighted by Crippen LogP contribution is 2.42. The van der Waals surface area contributed by atoms with Crippen LogP contribution < -0.4 is 15.5 Å². The van der Waals surface area contributed by atoms with Gasteiger partial charge in [0.1, 0.15) is 28.8 Å². The number of hydrogen-bond donors (Lipinski definition) is 4. The molecule has 214 valence electrons. The summed E-state index contributed by atoms with van der Waals surface area (Å²) in [6, 6.07) is 4.11. The second-order valence-electron chi connectivity index (χ2n) is 11.6. The van der Waals surface area contributed by atoms with E-state index in [1.54, 1.807) is 23.9 Å². The standard InChI is InChI=1S/C28H38N8O3S/c1-28(2,3)39-27(38)29-9-10-36(6)21-13-19-17(14-32-34-19)11-20(21)33-24-23-18-8-7-16(26(37)35(4)5)12-22(18)40-25(23)31-15-30-24/h11,13-16,26,37H,7-10,12H2,1-6H3,(H,29,38)(H,32,34)(H,30,31,33)/t16-,26?/m0/s1. The van der Waals surface area contributed by atoms with Crippen LogP contribution in [0.4, 0.5) is 22.0 Å². The van der Waals surface area contributed by atoms with Crippen molar-refractivity contribution in [1.29, 1.82) is 0 Å². The van der Waals surface area contributed by atoms with Crippen LogP contribution in [0.1, 0.15) is 37.6 Å². The van der Waals surface area contributed by atoms with Crippen molar-refractivity contribution in [3.05, 3.63) is 35.1 Å². The summed E-state index contributed by atoms with van der Waals surface area (Å²) in [5, 5.41) is 26.4. The summed E-state index contributed by atoms with van der Waals surface area (Å²) in [5.41, 5.74) is 3.46. The predicted octanol–water partition coefficient (Wildman–Crippen LogP) is 4.26. The topological polar surface area (TPSA) is 132 Å². The third-order valence-corrected chi connectivity index (χ3v) is 8.33. The first-order valence-electron chi connectivity index (χ1n) is 13.5. The molecule has 11 nitrogen and oxygen atoms in total. The molecule has 0 aliphatic heterocycles. The summed E-state index contributed by atoms with van der Waals surface area (Å²) < 4.78 is 5.36. The number of nitrogens with one attached hydrogen (secondary N) is 3. The SMILES string of the molecule is CN(CCNC(=O)OC(C)(C)C)c1cc2[nH]ncc2cc1Nc1ncnc2sc3c(c12)CC[C@H](C(O)N(C)C)C3. The highest BCUT2D eigenvalue weighted by atomic mass is 32.1. The minimum atomic E-state index is -0.546. The van der Waals surface area contributed by atoms with Gasteiger partial charge in [0.05, 0.1) is 28.5 Å². The molecular weight excluding hydrogens is 528 g/mol. The number of rotatable bonds is 8. The second kappa shape index (κ2) is 11.2. The molecule has 0 spiro atoms. The molecule has 0 fully saturated rings. The number of H-pyrrole nitrogens is 1. The number of ether oxygens (including phenoxy) is 1. The maximum Gasteiger partial charge on any atom is 0.407 e. The number of aryl methyl sites for hydroxylation is 1. The molecule has 12 heteroatoms. The average Bonchev–Trinajstić information content (AvgIpc) is 3.50. The van der Waals surface area contributed by atoms with E-state index in [0.29, 0.717) is 13.1 Å². The van der Waals surface area contributed by atoms with Crippen LogP contribution in [0.15, 0.2) is 24.7 Å². The first kappa shape index (κ1) is 28.1. The number of aromatic nitrogens is 4. The minimum Gasteiger partial charge on any atom is -0.444 e. The van der Waals surface area contributed by atoms with Crippen molar-refractivity contribution in [1.82, 2.24) is 30.4 Å². The van der Waals surface area contributed by atoms with E-state index < -0.39 is 17.9 Å². The van der Waals surface area contributed by atoms with Crippen molar-refractivity contribution < 1.29 is 14.6 Å². The summed E-state index contributed by atoms with van der Waals surface area (Å²) in [6.45, 7) is 6.52. The Balaban J connectivity index is 1.41. The number of thiophene rings is 1. The molecule has 1 unspecified atom stereocenters. The fraction of sp³-hybridized carbons (Fsp3) is 0.500. The maximum absolute atomic E-state index is 12.1. The molecule has 3 heterocycles. The lowest BCUT2D eigenvalue weighted by Crippen LogP contribution is -2.37. The van der Waals surface area contributed by atoms with Crippen LogP contribution in [0.3, 0.4) is 0 Å². The summed E-state index contributed by atoms with van der Waals surface area (Å²) in [7, 11) is 5.81. The number of fused-ring (bicyclic) bond motifs is 4. The van der Waals surface area contributed by atoms with Crippen molar-refractivity contribution in [2.75, 3.05) is 44.4 Å². The largest absolute Gasteiger partial charge is 0.444 e. The summed E-state index contributed by atoms with van der Waals surface area (Å²) in [6.07, 6.45) is 5.11. The number of aliphatic hydroxyl groups excluding tert-OH is 1. The van der Waals surface area contributed by atoms with Gasteiger partial charge in [0, 0.05) is 36.3 Å². The number of aromatic amines is 1. The molecule has 1 aliphatic carbocycles. The first-order valence-corrected chi connectivity index (χ1v) is 14.3. The van der Waals surface area contributed by atoms with Gasteiger partial charge in [-0.15, -0.1) is 11.3 Å². The van der Waals surface area contributed by atoms with E-state index in [2.05, 4.69) is 41.8 Å². The number of carbonyl (C=O) groups is 1. The van der Waals surface area contributed by atoms with Crippen LogP contribution in [0, 0.1) is 5.92 Å². The molecule has 3 aromatic heterocycles. The first-order chi connectivity index (χ1) is 19.0. The van der Waals surface area contributed by atoms with Crippen LogP contribution in [0.25, 0.3) is 21.1 Å².